The number of ether oxygens (including phenoxy) is 1. The topological polar surface area (TPSA) is 109 Å². The number of nitrogens with one attached hydrogen (secondary N) is 1. The summed E-state index contributed by atoms with van der Waals surface area (Å²) < 4.78 is 32.3. The van der Waals surface area contributed by atoms with Crippen LogP contribution in [0.1, 0.15) is 69.2 Å². The van der Waals surface area contributed by atoms with Crippen LogP contribution in [-0.4, -0.2) is 73.7 Å². The molecule has 2 heterocycles. The molecule has 2 aromatic rings. The van der Waals surface area contributed by atoms with Gasteiger partial charge in [0.05, 0.1) is 16.5 Å². The average molecular weight is 589 g/mol. The van der Waals surface area contributed by atoms with Gasteiger partial charge in [-0.05, 0) is 44.0 Å². The van der Waals surface area contributed by atoms with Crippen molar-refractivity contribution in [1.82, 2.24) is 14.8 Å². The van der Waals surface area contributed by atoms with Crippen molar-refractivity contribution in [3.05, 3.63) is 53.6 Å². The number of anilines is 1. The molecule has 0 spiro atoms. The number of amides is 1. The molecule has 40 heavy (non-hydrogen) atoms. The van der Waals surface area contributed by atoms with Crippen LogP contribution in [0.3, 0.4) is 0 Å². The summed E-state index contributed by atoms with van der Waals surface area (Å²) in [5.74, 6) is -0.565. The Labute approximate surface area is 241 Å². The van der Waals surface area contributed by atoms with Crippen LogP contribution in [0.15, 0.2) is 47.2 Å². The molecule has 1 aliphatic heterocycles. The number of piperazine rings is 1. The highest BCUT2D eigenvalue weighted by Crippen LogP contribution is 2.36. The van der Waals surface area contributed by atoms with Crippen molar-refractivity contribution < 1.29 is 22.7 Å². The van der Waals surface area contributed by atoms with E-state index in [0.29, 0.717) is 36.3 Å². The predicted octanol–water partition coefficient (Wildman–Crippen LogP) is 4.60. The summed E-state index contributed by atoms with van der Waals surface area (Å²) >= 11 is 1.28. The first-order valence-electron chi connectivity index (χ1n) is 13.9. The highest BCUT2D eigenvalue weighted by atomic mass is 32.2. The molecule has 1 aromatic heterocycles. The minimum atomic E-state index is -3.67. The van der Waals surface area contributed by atoms with Crippen molar-refractivity contribution >= 4 is 38.2 Å². The summed E-state index contributed by atoms with van der Waals surface area (Å²) in [7, 11) is -1.64. The molecular weight excluding hydrogens is 548 g/mol. The molecule has 1 aliphatic carbocycles. The number of likely N-dealkylation sites (N-methyl/N-ethyl adjacent to an activating group) is 1. The van der Waals surface area contributed by atoms with Gasteiger partial charge in [0, 0.05) is 38.5 Å². The quantitative estimate of drug-likeness (QED) is 0.300. The zero-order chi connectivity index (χ0) is 28.9. The number of benzene rings is 1. The Morgan fingerprint density at radius 1 is 1.18 bits per heavy atom. The number of rotatable bonds is 11. The summed E-state index contributed by atoms with van der Waals surface area (Å²) in [6.45, 7) is 9.84. The summed E-state index contributed by atoms with van der Waals surface area (Å²) in [6, 6.07) is 6.78. The monoisotopic (exact) mass is 588 g/mol. The van der Waals surface area contributed by atoms with Crippen LogP contribution in [0.25, 0.3) is 0 Å². The lowest BCUT2D eigenvalue weighted by molar-refractivity contribution is -0.146. The fourth-order valence-electron chi connectivity index (χ4n) is 5.58. The number of hydrogen-bond acceptors (Lipinski definition) is 9. The maximum atomic E-state index is 13.6. The molecule has 1 aromatic carbocycles. The van der Waals surface area contributed by atoms with Gasteiger partial charge in [-0.2, -0.15) is 0 Å². The Hall–Kier alpha value is -2.60. The normalized spacial score (nSPS) is 19.6. The van der Waals surface area contributed by atoms with Gasteiger partial charge in [0.15, 0.2) is 15.0 Å². The van der Waals surface area contributed by atoms with E-state index in [1.807, 2.05) is 11.9 Å². The average Bonchev–Trinajstić information content (AvgIpc) is 3.61. The van der Waals surface area contributed by atoms with E-state index in [0.717, 1.165) is 44.3 Å². The molecule has 0 bridgehead atoms. The lowest BCUT2D eigenvalue weighted by Gasteiger charge is -2.36. The van der Waals surface area contributed by atoms with Crippen LogP contribution in [0.5, 0.6) is 0 Å². The Balaban J connectivity index is 1.52. The van der Waals surface area contributed by atoms with E-state index in [9.17, 15) is 18.0 Å². The lowest BCUT2D eigenvalue weighted by atomic mass is 9.87. The second kappa shape index (κ2) is 13.4. The fraction of sp³-hybridized carbons (Fsp3) is 0.552. The van der Waals surface area contributed by atoms with Crippen molar-refractivity contribution in [1.29, 1.82) is 0 Å². The summed E-state index contributed by atoms with van der Waals surface area (Å²) in [4.78, 5) is 33.7. The lowest BCUT2D eigenvalue weighted by Crippen LogP contribution is -2.50. The second-order valence-electron chi connectivity index (χ2n) is 10.8. The van der Waals surface area contributed by atoms with Crippen LogP contribution in [0.4, 0.5) is 5.13 Å². The number of carbonyl (C=O) groups excluding carboxylic acids is 2. The van der Waals surface area contributed by atoms with Crippen LogP contribution < -0.4 is 5.32 Å². The third kappa shape index (κ3) is 7.37. The molecule has 1 N–H and O–H groups in total. The van der Waals surface area contributed by atoms with E-state index in [2.05, 4.69) is 21.8 Å². The number of esters is 1. The van der Waals surface area contributed by atoms with E-state index in [1.165, 1.54) is 24.3 Å². The van der Waals surface area contributed by atoms with Crippen molar-refractivity contribution in [3.63, 3.8) is 0 Å². The van der Waals surface area contributed by atoms with Crippen molar-refractivity contribution in [2.45, 2.75) is 68.2 Å². The predicted molar refractivity (Wildman–Crippen MR) is 157 cm³/mol. The van der Waals surface area contributed by atoms with E-state index in [4.69, 9.17) is 4.74 Å². The first-order chi connectivity index (χ1) is 19.1. The van der Waals surface area contributed by atoms with E-state index in [1.54, 1.807) is 36.6 Å². The second-order valence-corrected chi connectivity index (χ2v) is 13.7. The third-order valence-electron chi connectivity index (χ3n) is 7.90. The molecule has 218 valence electrons. The fourth-order valence-corrected chi connectivity index (χ4v) is 8.03. The molecule has 3 atom stereocenters. The highest BCUT2D eigenvalue weighted by Gasteiger charge is 2.33. The third-order valence-corrected chi connectivity index (χ3v) is 10.7. The maximum absolute atomic E-state index is 13.6. The SMILES string of the molecule is C=CC(N1CCN(C)CC1)S(=O)(=O)c1ccc(C(CC2CCCC2)C(=O)Nc2nc(C(C)OC(C)=O)cs2)cc1. The molecule has 4 rings (SSSR count). The summed E-state index contributed by atoms with van der Waals surface area (Å²) in [6.07, 6.45) is 6.19. The highest BCUT2D eigenvalue weighted by molar-refractivity contribution is 7.92. The first-order valence-corrected chi connectivity index (χ1v) is 16.3. The largest absolute Gasteiger partial charge is 0.456 e. The molecule has 9 nitrogen and oxygen atoms in total. The zero-order valence-corrected chi connectivity index (χ0v) is 25.2. The van der Waals surface area contributed by atoms with Gasteiger partial charge in [0.2, 0.25) is 5.91 Å². The minimum Gasteiger partial charge on any atom is -0.456 e. The molecule has 2 aliphatic rings. The number of nitrogens with zero attached hydrogens (tertiary/aromatic N) is 3. The smallest absolute Gasteiger partial charge is 0.303 e. The minimum absolute atomic E-state index is 0.176. The van der Waals surface area contributed by atoms with Crippen molar-refractivity contribution in [3.8, 4) is 0 Å². The van der Waals surface area contributed by atoms with Gasteiger partial charge in [-0.3, -0.25) is 14.5 Å². The number of hydrogen-bond donors (Lipinski definition) is 1. The van der Waals surface area contributed by atoms with Crippen LogP contribution >= 0.6 is 11.3 Å². The Morgan fingerprint density at radius 2 is 1.82 bits per heavy atom. The molecule has 11 heteroatoms. The molecule has 3 unspecified atom stereocenters. The maximum Gasteiger partial charge on any atom is 0.303 e. The molecule has 0 radical (unpaired) electrons. The van der Waals surface area contributed by atoms with Gasteiger partial charge < -0.3 is 15.0 Å². The number of carbonyl (C=O) groups is 2. The molecule has 2 fully saturated rings. The Kier molecular flexibility index (Phi) is 10.2. The van der Waals surface area contributed by atoms with Gasteiger partial charge >= 0.3 is 5.97 Å². The van der Waals surface area contributed by atoms with Gasteiger partial charge in [0.1, 0.15) is 11.5 Å². The van der Waals surface area contributed by atoms with Crippen LogP contribution in [-0.2, 0) is 24.2 Å². The summed E-state index contributed by atoms with van der Waals surface area (Å²) in [5.41, 5.74) is 1.36. The number of aromatic nitrogens is 1. The summed E-state index contributed by atoms with van der Waals surface area (Å²) in [5, 5.41) is 4.36. The Morgan fingerprint density at radius 3 is 2.42 bits per heavy atom. The van der Waals surface area contributed by atoms with Crippen molar-refractivity contribution in [2.24, 2.45) is 5.92 Å². The first kappa shape index (κ1) is 30.4. The zero-order valence-electron chi connectivity index (χ0n) is 23.5. The van der Waals surface area contributed by atoms with Crippen LogP contribution in [0.2, 0.25) is 0 Å². The number of thiazole rings is 1. The standard InChI is InChI=1S/C29H40N4O5S2/c1-5-27(33-16-14-32(4)15-17-33)40(36,37)24-12-10-23(11-13-24)25(18-22-8-6-7-9-22)28(35)31-29-30-26(19-39-29)20(2)38-21(3)34/h5,10-13,19-20,22,25,27H,1,6-9,14-18H2,2-4H3,(H,30,31,35). The van der Waals surface area contributed by atoms with Crippen molar-refractivity contribution in [2.75, 3.05) is 38.5 Å². The molecular formula is C29H40N4O5S2. The van der Waals surface area contributed by atoms with E-state index >= 15 is 0 Å². The molecule has 1 saturated carbocycles. The molecule has 1 amide bonds. The van der Waals surface area contributed by atoms with E-state index in [-0.39, 0.29) is 10.8 Å². The van der Waals surface area contributed by atoms with Gasteiger partial charge in [-0.1, -0.05) is 43.9 Å². The van der Waals surface area contributed by atoms with E-state index < -0.39 is 33.2 Å². The molecule has 1 saturated heterocycles. The van der Waals surface area contributed by atoms with Gasteiger partial charge in [-0.25, -0.2) is 13.4 Å². The van der Waals surface area contributed by atoms with Gasteiger partial charge in [0.25, 0.3) is 0 Å². The Bertz CT molecular complexity index is 1280. The number of sulfone groups is 1. The van der Waals surface area contributed by atoms with Crippen LogP contribution in [0, 0.1) is 5.92 Å². The van der Waals surface area contributed by atoms with Gasteiger partial charge in [-0.15, -0.1) is 17.9 Å².